The zero-order valence-electron chi connectivity index (χ0n) is 9.52. The molecule has 1 heterocycles. The molecular formula is C10H18N2O2S2. The maximum Gasteiger partial charge on any atom is 0.304 e. The zero-order valence-corrected chi connectivity index (χ0v) is 11.1. The van der Waals surface area contributed by atoms with Gasteiger partial charge in [0.2, 0.25) is 0 Å². The predicted molar refractivity (Wildman–Crippen MR) is 70.5 cm³/mol. The fourth-order valence-electron chi connectivity index (χ4n) is 1.48. The molecule has 6 heteroatoms. The van der Waals surface area contributed by atoms with E-state index in [1.165, 1.54) is 0 Å². The minimum Gasteiger partial charge on any atom is -0.481 e. The van der Waals surface area contributed by atoms with Crippen molar-refractivity contribution in [2.75, 3.05) is 25.6 Å². The highest BCUT2D eigenvalue weighted by atomic mass is 32.2. The van der Waals surface area contributed by atoms with E-state index in [1.54, 1.807) is 11.8 Å². The number of carboxylic acids is 1. The molecule has 92 valence electrons. The third kappa shape index (κ3) is 4.67. The van der Waals surface area contributed by atoms with E-state index in [1.807, 2.05) is 0 Å². The van der Waals surface area contributed by atoms with Gasteiger partial charge < -0.3 is 10.0 Å². The van der Waals surface area contributed by atoms with Gasteiger partial charge >= 0.3 is 5.97 Å². The quantitative estimate of drug-likeness (QED) is 0.737. The van der Waals surface area contributed by atoms with Crippen LogP contribution in [0.3, 0.4) is 0 Å². The third-order valence-electron chi connectivity index (χ3n) is 2.42. The van der Waals surface area contributed by atoms with Crippen molar-refractivity contribution < 1.29 is 9.90 Å². The molecule has 0 aromatic heterocycles. The average Bonchev–Trinajstić information content (AvgIpc) is 2.26. The van der Waals surface area contributed by atoms with Crippen LogP contribution in [0.2, 0.25) is 0 Å². The van der Waals surface area contributed by atoms with Crippen molar-refractivity contribution >= 4 is 34.3 Å². The number of rotatable bonds is 6. The topological polar surface area (TPSA) is 43.8 Å². The van der Waals surface area contributed by atoms with Crippen molar-refractivity contribution in [1.82, 2.24) is 9.80 Å². The van der Waals surface area contributed by atoms with E-state index < -0.39 is 5.97 Å². The van der Waals surface area contributed by atoms with Gasteiger partial charge in [-0.2, -0.15) is 0 Å². The second kappa shape index (κ2) is 7.09. The number of carbonyl (C=O) groups is 1. The number of hydrogen-bond acceptors (Lipinski definition) is 4. The average molecular weight is 262 g/mol. The molecule has 1 saturated heterocycles. The fraction of sp³-hybridized carbons (Fsp3) is 0.800. The van der Waals surface area contributed by atoms with Gasteiger partial charge in [0.1, 0.15) is 4.32 Å². The van der Waals surface area contributed by atoms with Crippen molar-refractivity contribution in [3.8, 4) is 0 Å². The van der Waals surface area contributed by atoms with Crippen LogP contribution in [0.5, 0.6) is 0 Å². The molecule has 0 spiro atoms. The second-order valence-corrected chi connectivity index (χ2v) is 5.41. The monoisotopic (exact) mass is 262 g/mol. The van der Waals surface area contributed by atoms with Crippen LogP contribution >= 0.6 is 24.0 Å². The summed E-state index contributed by atoms with van der Waals surface area (Å²) < 4.78 is 0.944. The third-order valence-corrected chi connectivity index (χ3v) is 4.03. The van der Waals surface area contributed by atoms with Crippen molar-refractivity contribution in [3.63, 3.8) is 0 Å². The summed E-state index contributed by atoms with van der Waals surface area (Å²) in [7, 11) is 0. The van der Waals surface area contributed by atoms with Crippen LogP contribution in [0, 0.1) is 0 Å². The minimum absolute atomic E-state index is 0.203. The summed E-state index contributed by atoms with van der Waals surface area (Å²) >= 11 is 6.90. The van der Waals surface area contributed by atoms with E-state index in [0.717, 1.165) is 36.3 Å². The van der Waals surface area contributed by atoms with E-state index in [2.05, 4.69) is 16.7 Å². The summed E-state index contributed by atoms with van der Waals surface area (Å²) in [6.07, 6.45) is 2.49. The minimum atomic E-state index is -0.738. The molecule has 0 amide bonds. The molecule has 0 atom stereocenters. The fourth-order valence-corrected chi connectivity index (χ4v) is 2.62. The molecule has 16 heavy (non-hydrogen) atoms. The standard InChI is InChI=1S/C10H18N2O2S2/c1-2-3-5-12-7-11(6-4-9(13)14)8-16-10(12)15/h2-8H2,1H3,(H,13,14). The number of carboxylic acid groups (broad SMARTS) is 1. The van der Waals surface area contributed by atoms with Gasteiger partial charge in [0.05, 0.1) is 19.0 Å². The molecular weight excluding hydrogens is 244 g/mol. The van der Waals surface area contributed by atoms with Crippen molar-refractivity contribution in [3.05, 3.63) is 0 Å². The van der Waals surface area contributed by atoms with Gasteiger partial charge in [-0.3, -0.25) is 9.69 Å². The Labute approximate surface area is 106 Å². The molecule has 0 unspecified atom stereocenters. The van der Waals surface area contributed by atoms with Crippen LogP contribution in [0.15, 0.2) is 0 Å². The van der Waals surface area contributed by atoms with Gasteiger partial charge in [0, 0.05) is 13.1 Å². The second-order valence-electron chi connectivity index (χ2n) is 3.84. The molecule has 1 N–H and O–H groups in total. The lowest BCUT2D eigenvalue weighted by atomic mass is 10.3. The Morgan fingerprint density at radius 2 is 2.31 bits per heavy atom. The molecule has 1 aliphatic rings. The summed E-state index contributed by atoms with van der Waals surface area (Å²) in [5.41, 5.74) is 0. The first-order chi connectivity index (χ1) is 7.63. The highest BCUT2D eigenvalue weighted by molar-refractivity contribution is 8.22. The van der Waals surface area contributed by atoms with Crippen molar-refractivity contribution in [2.45, 2.75) is 26.2 Å². The first-order valence-electron chi connectivity index (χ1n) is 5.49. The Balaban J connectivity index is 2.34. The van der Waals surface area contributed by atoms with Crippen LogP contribution in [-0.4, -0.2) is 50.8 Å². The number of aliphatic carboxylic acids is 1. The Bertz CT molecular complexity index is 261. The van der Waals surface area contributed by atoms with Crippen LogP contribution in [0.25, 0.3) is 0 Å². The highest BCUT2D eigenvalue weighted by Gasteiger charge is 2.21. The Kier molecular flexibility index (Phi) is 6.08. The van der Waals surface area contributed by atoms with E-state index in [-0.39, 0.29) is 6.42 Å². The summed E-state index contributed by atoms with van der Waals surface area (Å²) in [5, 5.41) is 8.63. The summed E-state index contributed by atoms with van der Waals surface area (Å²) in [5.74, 6) is 0.0765. The molecule has 0 bridgehead atoms. The number of thioether (sulfide) groups is 1. The maximum atomic E-state index is 10.5. The van der Waals surface area contributed by atoms with E-state index in [9.17, 15) is 4.79 Å². The van der Waals surface area contributed by atoms with Gasteiger partial charge in [-0.25, -0.2) is 0 Å². The summed E-state index contributed by atoms with van der Waals surface area (Å²) in [6, 6.07) is 0. The number of unbranched alkanes of at least 4 members (excludes halogenated alkanes) is 1. The molecule has 1 aliphatic heterocycles. The van der Waals surface area contributed by atoms with Crippen molar-refractivity contribution in [1.29, 1.82) is 0 Å². The van der Waals surface area contributed by atoms with Gasteiger partial charge in [0.15, 0.2) is 0 Å². The van der Waals surface area contributed by atoms with Crippen molar-refractivity contribution in [2.24, 2.45) is 0 Å². The van der Waals surface area contributed by atoms with Gasteiger partial charge in [-0.15, -0.1) is 0 Å². The molecule has 1 rings (SSSR count). The summed E-state index contributed by atoms with van der Waals surface area (Å²) in [6.45, 7) is 4.51. The molecule has 0 aromatic carbocycles. The molecule has 0 aromatic rings. The lowest BCUT2D eigenvalue weighted by Gasteiger charge is -2.36. The molecule has 4 nitrogen and oxygen atoms in total. The lowest BCUT2D eigenvalue weighted by molar-refractivity contribution is -0.137. The zero-order chi connectivity index (χ0) is 12.0. The van der Waals surface area contributed by atoms with Gasteiger partial charge in [-0.1, -0.05) is 37.3 Å². The Morgan fingerprint density at radius 3 is 2.94 bits per heavy atom. The van der Waals surface area contributed by atoms with Gasteiger partial charge in [0.25, 0.3) is 0 Å². The molecule has 1 fully saturated rings. The number of hydrogen-bond donors (Lipinski definition) is 1. The Hall–Kier alpha value is -0.330. The SMILES string of the molecule is CCCCN1CN(CCC(=O)O)CSC1=S. The smallest absolute Gasteiger partial charge is 0.304 e. The molecule has 0 aliphatic carbocycles. The number of nitrogens with zero attached hydrogens (tertiary/aromatic N) is 2. The van der Waals surface area contributed by atoms with E-state index in [0.29, 0.717) is 6.54 Å². The Morgan fingerprint density at radius 1 is 1.56 bits per heavy atom. The summed E-state index contributed by atoms with van der Waals surface area (Å²) in [4.78, 5) is 14.8. The van der Waals surface area contributed by atoms with Crippen LogP contribution in [0.4, 0.5) is 0 Å². The largest absolute Gasteiger partial charge is 0.481 e. The van der Waals surface area contributed by atoms with E-state index >= 15 is 0 Å². The lowest BCUT2D eigenvalue weighted by Crippen LogP contribution is -2.45. The van der Waals surface area contributed by atoms with Crippen LogP contribution < -0.4 is 0 Å². The maximum absolute atomic E-state index is 10.5. The van der Waals surface area contributed by atoms with Crippen LogP contribution in [-0.2, 0) is 4.79 Å². The first-order valence-corrected chi connectivity index (χ1v) is 6.88. The van der Waals surface area contributed by atoms with Crippen LogP contribution in [0.1, 0.15) is 26.2 Å². The predicted octanol–water partition coefficient (Wildman–Crippen LogP) is 1.81. The van der Waals surface area contributed by atoms with Gasteiger partial charge in [-0.05, 0) is 6.42 Å². The highest BCUT2D eigenvalue weighted by Crippen LogP contribution is 2.19. The van der Waals surface area contributed by atoms with E-state index in [4.69, 9.17) is 17.3 Å². The molecule has 0 saturated carbocycles. The first kappa shape index (κ1) is 13.7. The number of thiocarbonyl (C=S) groups is 1. The molecule has 0 radical (unpaired) electrons. The normalized spacial score (nSPS) is 17.8.